The van der Waals surface area contributed by atoms with Crippen molar-refractivity contribution in [2.45, 2.75) is 13.0 Å². The van der Waals surface area contributed by atoms with E-state index in [1.165, 1.54) is 12.1 Å². The monoisotopic (exact) mass is 426 g/mol. The molecule has 2 N–H and O–H groups in total. The molecule has 1 aliphatic heterocycles. The van der Waals surface area contributed by atoms with Gasteiger partial charge in [0.25, 0.3) is 0 Å². The van der Waals surface area contributed by atoms with Gasteiger partial charge in [-0.3, -0.25) is 0 Å². The molecular weight excluding hydrogens is 406 g/mol. The Hall–Kier alpha value is -3.00. The second kappa shape index (κ2) is 7.36. The van der Waals surface area contributed by atoms with Crippen LogP contribution < -0.4 is 15.5 Å². The first-order valence-corrected chi connectivity index (χ1v) is 10.7. The quantitative estimate of drug-likeness (QED) is 0.638. The third-order valence-corrected chi connectivity index (χ3v) is 6.55. The van der Waals surface area contributed by atoms with Crippen LogP contribution in [0, 0.1) is 30.4 Å². The molecule has 5 nitrogen and oxygen atoms in total. The molecule has 3 atom stereocenters. The number of hydrogen-bond acceptors (Lipinski definition) is 4. The molecule has 0 bridgehead atoms. The summed E-state index contributed by atoms with van der Waals surface area (Å²) in [6.45, 7) is 3.26. The van der Waals surface area contributed by atoms with Gasteiger partial charge in [-0.15, -0.1) is 11.3 Å². The molecule has 2 heterocycles. The van der Waals surface area contributed by atoms with Crippen LogP contribution in [-0.2, 0) is 0 Å². The summed E-state index contributed by atoms with van der Waals surface area (Å²) in [5.74, 6) is -0.561. The van der Waals surface area contributed by atoms with Crippen molar-refractivity contribution >= 4 is 28.7 Å². The number of nitrogens with one attached hydrogen (secondary N) is 2. The molecule has 154 valence electrons. The van der Waals surface area contributed by atoms with E-state index < -0.39 is 11.6 Å². The normalized spacial score (nSPS) is 22.0. The van der Waals surface area contributed by atoms with Gasteiger partial charge in [-0.2, -0.15) is 0 Å². The van der Waals surface area contributed by atoms with Crippen LogP contribution in [0.25, 0.3) is 11.3 Å². The highest BCUT2D eigenvalue weighted by Crippen LogP contribution is 2.47. The van der Waals surface area contributed by atoms with Crippen molar-refractivity contribution in [1.29, 1.82) is 0 Å². The molecule has 2 amide bonds. The van der Waals surface area contributed by atoms with Crippen LogP contribution >= 0.6 is 11.3 Å². The van der Waals surface area contributed by atoms with Gasteiger partial charge in [0.2, 0.25) is 0 Å². The predicted molar refractivity (Wildman–Crippen MR) is 114 cm³/mol. The fourth-order valence-corrected chi connectivity index (χ4v) is 4.87. The average Bonchev–Trinajstić information content (AvgIpc) is 3.06. The smallest absolute Gasteiger partial charge is 0.319 e. The van der Waals surface area contributed by atoms with Crippen LogP contribution in [0.2, 0.25) is 0 Å². The zero-order valence-electron chi connectivity index (χ0n) is 16.2. The van der Waals surface area contributed by atoms with Gasteiger partial charge >= 0.3 is 6.03 Å². The summed E-state index contributed by atoms with van der Waals surface area (Å²) >= 11 is 1.59. The maximum atomic E-state index is 14.0. The summed E-state index contributed by atoms with van der Waals surface area (Å²) in [5.41, 5.74) is 2.97. The van der Waals surface area contributed by atoms with Gasteiger partial charge < -0.3 is 15.5 Å². The van der Waals surface area contributed by atoms with Crippen LogP contribution in [0.5, 0.6) is 0 Å². The zero-order valence-corrected chi connectivity index (χ0v) is 17.0. The number of aryl methyl sites for hydroxylation is 1. The number of piperidine rings is 1. The largest absolute Gasteiger partial charge is 0.368 e. The lowest BCUT2D eigenvalue weighted by Crippen LogP contribution is -2.37. The molecule has 1 saturated heterocycles. The van der Waals surface area contributed by atoms with E-state index in [2.05, 4.69) is 15.6 Å². The van der Waals surface area contributed by atoms with Crippen molar-refractivity contribution in [3.63, 3.8) is 0 Å². The molecule has 2 aromatic carbocycles. The Morgan fingerprint density at radius 3 is 2.67 bits per heavy atom. The fraction of sp³-hybridized carbons (Fsp3) is 0.273. The molecule has 2 aliphatic rings. The highest BCUT2D eigenvalue weighted by Gasteiger charge is 2.56. The standard InChI is InChI=1S/C22H20F2N4OS/c1-12-25-19(11-30-12)13-3-2-4-15(7-13)26-22(29)27-21-16-9-28(10-17(16)21)20-6-5-14(23)8-18(20)24/h2-8,11,16-17,21H,9-10H2,1H3,(H2,26,27,29)/t16-,17+,21?. The lowest BCUT2D eigenvalue weighted by atomic mass is 10.1. The number of anilines is 2. The van der Waals surface area contributed by atoms with Gasteiger partial charge in [0.15, 0.2) is 0 Å². The van der Waals surface area contributed by atoms with E-state index in [1.54, 1.807) is 11.3 Å². The number of nitrogens with zero attached hydrogens (tertiary/aromatic N) is 2. The Kier molecular flexibility index (Phi) is 4.66. The molecular formula is C22H20F2N4OS. The molecule has 2 fully saturated rings. The van der Waals surface area contributed by atoms with Crippen molar-refractivity contribution in [3.05, 3.63) is 64.5 Å². The highest BCUT2D eigenvalue weighted by molar-refractivity contribution is 7.09. The Labute approximate surface area is 176 Å². The van der Waals surface area contributed by atoms with E-state index in [-0.39, 0.29) is 23.9 Å². The number of carbonyl (C=O) groups is 1. The van der Waals surface area contributed by atoms with Gasteiger partial charge in [0.05, 0.1) is 16.4 Å². The third kappa shape index (κ3) is 3.63. The molecule has 0 spiro atoms. The number of hydrogen-bond donors (Lipinski definition) is 2. The lowest BCUT2D eigenvalue weighted by molar-refractivity contribution is 0.250. The number of carbonyl (C=O) groups excluding carboxylic acids is 1. The summed E-state index contributed by atoms with van der Waals surface area (Å²) in [6, 6.07) is 11.1. The van der Waals surface area contributed by atoms with Gasteiger partial charge in [-0.25, -0.2) is 18.6 Å². The summed E-state index contributed by atoms with van der Waals surface area (Å²) in [6.07, 6.45) is 0. The Morgan fingerprint density at radius 1 is 1.17 bits per heavy atom. The molecule has 8 heteroatoms. The maximum Gasteiger partial charge on any atom is 0.319 e. The van der Waals surface area contributed by atoms with Crippen molar-refractivity contribution in [1.82, 2.24) is 10.3 Å². The van der Waals surface area contributed by atoms with Crippen LogP contribution in [0.3, 0.4) is 0 Å². The van der Waals surface area contributed by atoms with E-state index in [4.69, 9.17) is 0 Å². The lowest BCUT2D eigenvalue weighted by Gasteiger charge is -2.23. The third-order valence-electron chi connectivity index (χ3n) is 5.78. The number of rotatable bonds is 4. The van der Waals surface area contributed by atoms with Crippen LogP contribution in [0.15, 0.2) is 47.8 Å². The second-order valence-electron chi connectivity index (χ2n) is 7.79. The number of thiazole rings is 1. The number of urea groups is 1. The molecule has 1 aromatic heterocycles. The zero-order chi connectivity index (χ0) is 20.8. The van der Waals surface area contributed by atoms with Crippen molar-refractivity contribution < 1.29 is 13.6 Å². The highest BCUT2D eigenvalue weighted by atomic mass is 32.1. The summed E-state index contributed by atoms with van der Waals surface area (Å²) in [4.78, 5) is 18.8. The second-order valence-corrected chi connectivity index (χ2v) is 8.85. The molecule has 3 aromatic rings. The SMILES string of the molecule is Cc1nc(-c2cccc(NC(=O)NC3[C@H]4CN(c5ccc(F)cc5F)C[C@@H]34)c2)cs1. The topological polar surface area (TPSA) is 57.3 Å². The first-order chi connectivity index (χ1) is 14.5. The predicted octanol–water partition coefficient (Wildman–Crippen LogP) is 4.65. The number of aromatic nitrogens is 1. The molecule has 0 radical (unpaired) electrons. The molecule has 5 rings (SSSR count). The van der Waals surface area contributed by atoms with E-state index in [9.17, 15) is 13.6 Å². The van der Waals surface area contributed by atoms with Crippen LogP contribution in [-0.4, -0.2) is 30.1 Å². The number of halogens is 2. The number of amides is 2. The summed E-state index contributed by atoms with van der Waals surface area (Å²) in [5, 5.41) is 8.90. The fourth-order valence-electron chi connectivity index (χ4n) is 4.25. The van der Waals surface area contributed by atoms with E-state index in [0.717, 1.165) is 22.3 Å². The number of fused-ring (bicyclic) bond motifs is 1. The van der Waals surface area contributed by atoms with Gasteiger partial charge in [-0.05, 0) is 31.2 Å². The van der Waals surface area contributed by atoms with Crippen molar-refractivity contribution in [2.24, 2.45) is 11.8 Å². The minimum atomic E-state index is -0.578. The van der Waals surface area contributed by atoms with Crippen molar-refractivity contribution in [2.75, 3.05) is 23.3 Å². The van der Waals surface area contributed by atoms with E-state index in [1.807, 2.05) is 41.5 Å². The maximum absolute atomic E-state index is 14.0. The van der Waals surface area contributed by atoms with E-state index in [0.29, 0.717) is 24.5 Å². The Morgan fingerprint density at radius 2 is 1.97 bits per heavy atom. The molecule has 1 saturated carbocycles. The van der Waals surface area contributed by atoms with Gasteiger partial charge in [-0.1, -0.05) is 12.1 Å². The molecule has 1 aliphatic carbocycles. The Bertz CT molecular complexity index is 1110. The number of benzene rings is 2. The van der Waals surface area contributed by atoms with Crippen LogP contribution in [0.4, 0.5) is 25.0 Å². The summed E-state index contributed by atoms with van der Waals surface area (Å²) < 4.78 is 27.1. The summed E-state index contributed by atoms with van der Waals surface area (Å²) in [7, 11) is 0. The average molecular weight is 426 g/mol. The van der Waals surface area contributed by atoms with Gasteiger partial charge in [0, 0.05) is 53.7 Å². The minimum Gasteiger partial charge on any atom is -0.368 e. The Balaban J connectivity index is 1.17. The van der Waals surface area contributed by atoms with Crippen molar-refractivity contribution in [3.8, 4) is 11.3 Å². The minimum absolute atomic E-state index is 0.0779. The molecule has 30 heavy (non-hydrogen) atoms. The molecule has 1 unspecified atom stereocenters. The van der Waals surface area contributed by atoms with E-state index >= 15 is 0 Å². The van der Waals surface area contributed by atoms with Crippen LogP contribution in [0.1, 0.15) is 5.01 Å². The first kappa shape index (κ1) is 19.0. The van der Waals surface area contributed by atoms with Gasteiger partial charge in [0.1, 0.15) is 11.6 Å². The first-order valence-electron chi connectivity index (χ1n) is 9.78.